The van der Waals surface area contributed by atoms with E-state index in [0.717, 1.165) is 12.3 Å². The molecule has 2 aliphatic rings. The first-order valence-electron chi connectivity index (χ1n) is 7.67. The van der Waals surface area contributed by atoms with E-state index in [2.05, 4.69) is 18.3 Å². The van der Waals surface area contributed by atoms with Gasteiger partial charge in [-0.1, -0.05) is 19.3 Å². The van der Waals surface area contributed by atoms with Gasteiger partial charge in [-0.15, -0.1) is 0 Å². The number of furan rings is 1. The zero-order valence-electron chi connectivity index (χ0n) is 11.5. The van der Waals surface area contributed by atoms with Crippen LogP contribution in [0.25, 0.3) is 0 Å². The molecule has 1 aromatic rings. The minimum Gasteiger partial charge on any atom is -0.469 e. The summed E-state index contributed by atoms with van der Waals surface area (Å²) >= 11 is 0. The summed E-state index contributed by atoms with van der Waals surface area (Å²) in [6, 6.07) is 3.35. The van der Waals surface area contributed by atoms with Gasteiger partial charge in [0.1, 0.15) is 5.76 Å². The molecule has 1 aromatic heterocycles. The average molecular weight is 247 g/mol. The molecular weight excluding hydrogens is 222 g/mol. The van der Waals surface area contributed by atoms with Crippen molar-refractivity contribution in [1.82, 2.24) is 5.32 Å². The molecule has 2 atom stereocenters. The normalized spacial score (nSPS) is 26.8. The summed E-state index contributed by atoms with van der Waals surface area (Å²) in [7, 11) is 0. The molecule has 2 aliphatic carbocycles. The lowest BCUT2D eigenvalue weighted by Crippen LogP contribution is -2.38. The van der Waals surface area contributed by atoms with Crippen molar-refractivity contribution >= 4 is 0 Å². The highest BCUT2D eigenvalue weighted by atomic mass is 16.3. The second-order valence-corrected chi connectivity index (χ2v) is 6.10. The lowest BCUT2D eigenvalue weighted by molar-refractivity contribution is 0.254. The van der Waals surface area contributed by atoms with E-state index in [1.807, 2.05) is 6.26 Å². The highest BCUT2D eigenvalue weighted by Gasteiger charge is 2.27. The summed E-state index contributed by atoms with van der Waals surface area (Å²) in [6.07, 6.45) is 12.6. The zero-order chi connectivity index (χ0) is 12.4. The van der Waals surface area contributed by atoms with Gasteiger partial charge >= 0.3 is 0 Å². The molecule has 1 heterocycles. The molecule has 2 heteroatoms. The van der Waals surface area contributed by atoms with Gasteiger partial charge in [-0.05, 0) is 44.6 Å². The van der Waals surface area contributed by atoms with Gasteiger partial charge in [-0.2, -0.15) is 0 Å². The van der Waals surface area contributed by atoms with Gasteiger partial charge in [0.05, 0.1) is 6.26 Å². The first-order valence-corrected chi connectivity index (χ1v) is 7.67. The molecule has 2 nitrogen and oxygen atoms in total. The van der Waals surface area contributed by atoms with Crippen LogP contribution in [0.2, 0.25) is 0 Å². The van der Waals surface area contributed by atoms with Crippen molar-refractivity contribution in [3.63, 3.8) is 0 Å². The highest BCUT2D eigenvalue weighted by Crippen LogP contribution is 2.33. The van der Waals surface area contributed by atoms with Crippen LogP contribution in [0.15, 0.2) is 16.7 Å². The molecule has 1 saturated carbocycles. The lowest BCUT2D eigenvalue weighted by atomic mass is 9.83. The molecule has 0 bridgehead atoms. The fourth-order valence-corrected chi connectivity index (χ4v) is 3.75. The fourth-order valence-electron chi connectivity index (χ4n) is 3.75. The molecule has 0 aliphatic heterocycles. The van der Waals surface area contributed by atoms with Crippen LogP contribution in [0, 0.1) is 5.92 Å². The standard InChI is InChI=1S/C16H25NO/c1-12(13-6-3-2-4-7-13)17-15-8-5-9-16-14(15)10-11-18-16/h10-13,15,17H,2-9H2,1H3/t12-,15?/m1/s1. The molecule has 0 amide bonds. The Kier molecular flexibility index (Phi) is 3.74. The Labute approximate surface area is 110 Å². The minimum absolute atomic E-state index is 0.532. The van der Waals surface area contributed by atoms with Gasteiger partial charge in [0.25, 0.3) is 0 Å². The van der Waals surface area contributed by atoms with Crippen molar-refractivity contribution in [2.24, 2.45) is 5.92 Å². The molecule has 1 unspecified atom stereocenters. The second kappa shape index (κ2) is 5.48. The predicted octanol–water partition coefficient (Wildman–Crippen LogP) is 4.22. The summed E-state index contributed by atoms with van der Waals surface area (Å²) in [5, 5.41) is 3.87. The van der Waals surface area contributed by atoms with Crippen LogP contribution < -0.4 is 5.32 Å². The number of aryl methyl sites for hydroxylation is 1. The molecule has 100 valence electrons. The monoisotopic (exact) mass is 247 g/mol. The quantitative estimate of drug-likeness (QED) is 0.865. The van der Waals surface area contributed by atoms with Crippen molar-refractivity contribution in [2.75, 3.05) is 0 Å². The summed E-state index contributed by atoms with van der Waals surface area (Å²) in [5.41, 5.74) is 1.42. The van der Waals surface area contributed by atoms with E-state index in [1.165, 1.54) is 56.3 Å². The number of fused-ring (bicyclic) bond motifs is 1. The Morgan fingerprint density at radius 3 is 2.83 bits per heavy atom. The third-order valence-corrected chi connectivity index (χ3v) is 4.87. The average Bonchev–Trinajstić information content (AvgIpc) is 2.89. The van der Waals surface area contributed by atoms with Crippen molar-refractivity contribution in [3.8, 4) is 0 Å². The maximum absolute atomic E-state index is 5.57. The Morgan fingerprint density at radius 1 is 1.17 bits per heavy atom. The first-order chi connectivity index (χ1) is 8.84. The molecule has 0 aromatic carbocycles. The molecule has 1 fully saturated rings. The summed E-state index contributed by atoms with van der Waals surface area (Å²) in [5.74, 6) is 2.10. The highest BCUT2D eigenvalue weighted by molar-refractivity contribution is 5.24. The molecule has 0 radical (unpaired) electrons. The lowest BCUT2D eigenvalue weighted by Gasteiger charge is -2.33. The third-order valence-electron chi connectivity index (χ3n) is 4.87. The second-order valence-electron chi connectivity index (χ2n) is 6.10. The van der Waals surface area contributed by atoms with Gasteiger partial charge in [-0.25, -0.2) is 0 Å². The zero-order valence-corrected chi connectivity index (χ0v) is 11.5. The van der Waals surface area contributed by atoms with Crippen molar-refractivity contribution in [1.29, 1.82) is 0 Å². The third kappa shape index (κ3) is 2.49. The largest absolute Gasteiger partial charge is 0.469 e. The maximum atomic E-state index is 5.57. The van der Waals surface area contributed by atoms with Gasteiger partial charge < -0.3 is 9.73 Å². The van der Waals surface area contributed by atoms with Crippen LogP contribution in [0.3, 0.4) is 0 Å². The topological polar surface area (TPSA) is 25.2 Å². The summed E-state index contributed by atoms with van der Waals surface area (Å²) in [6.45, 7) is 2.38. The Morgan fingerprint density at radius 2 is 2.00 bits per heavy atom. The fraction of sp³-hybridized carbons (Fsp3) is 0.750. The van der Waals surface area contributed by atoms with Crippen LogP contribution in [-0.2, 0) is 6.42 Å². The van der Waals surface area contributed by atoms with E-state index in [4.69, 9.17) is 4.42 Å². The van der Waals surface area contributed by atoms with E-state index < -0.39 is 0 Å². The predicted molar refractivity (Wildman–Crippen MR) is 73.6 cm³/mol. The van der Waals surface area contributed by atoms with E-state index in [1.54, 1.807) is 0 Å². The Bertz CT molecular complexity index is 378. The number of nitrogens with one attached hydrogen (secondary N) is 1. The van der Waals surface area contributed by atoms with Gasteiger partial charge in [-0.3, -0.25) is 0 Å². The minimum atomic E-state index is 0.532. The van der Waals surface area contributed by atoms with Gasteiger partial charge in [0.2, 0.25) is 0 Å². The van der Waals surface area contributed by atoms with Crippen molar-refractivity contribution < 1.29 is 4.42 Å². The number of hydrogen-bond acceptors (Lipinski definition) is 2. The van der Waals surface area contributed by atoms with E-state index in [0.29, 0.717) is 12.1 Å². The molecule has 3 rings (SSSR count). The van der Waals surface area contributed by atoms with Crippen LogP contribution >= 0.6 is 0 Å². The van der Waals surface area contributed by atoms with E-state index >= 15 is 0 Å². The van der Waals surface area contributed by atoms with E-state index in [-0.39, 0.29) is 0 Å². The summed E-state index contributed by atoms with van der Waals surface area (Å²) < 4.78 is 5.57. The SMILES string of the molecule is C[C@@H](NC1CCCc2occc21)C1CCCCC1. The summed E-state index contributed by atoms with van der Waals surface area (Å²) in [4.78, 5) is 0. The van der Waals surface area contributed by atoms with Crippen LogP contribution in [0.4, 0.5) is 0 Å². The number of rotatable bonds is 3. The van der Waals surface area contributed by atoms with Crippen LogP contribution in [0.1, 0.15) is 69.2 Å². The van der Waals surface area contributed by atoms with Gasteiger partial charge in [0.15, 0.2) is 0 Å². The van der Waals surface area contributed by atoms with Crippen molar-refractivity contribution in [3.05, 3.63) is 23.7 Å². The molecule has 18 heavy (non-hydrogen) atoms. The van der Waals surface area contributed by atoms with Crippen LogP contribution in [0.5, 0.6) is 0 Å². The molecule has 0 saturated heterocycles. The smallest absolute Gasteiger partial charge is 0.108 e. The van der Waals surface area contributed by atoms with Crippen LogP contribution in [-0.4, -0.2) is 6.04 Å². The van der Waals surface area contributed by atoms with E-state index in [9.17, 15) is 0 Å². The molecular formula is C16H25NO. The van der Waals surface area contributed by atoms with Gasteiger partial charge in [0, 0.05) is 24.1 Å². The number of hydrogen-bond donors (Lipinski definition) is 1. The maximum Gasteiger partial charge on any atom is 0.108 e. The first kappa shape index (κ1) is 12.3. The van der Waals surface area contributed by atoms with Crippen molar-refractivity contribution in [2.45, 2.75) is 70.4 Å². The Hall–Kier alpha value is -0.760. The molecule has 1 N–H and O–H groups in total. The molecule has 0 spiro atoms. The Balaban J connectivity index is 1.63.